The van der Waals surface area contributed by atoms with Crippen LogP contribution < -0.4 is 5.73 Å². The zero-order valence-electron chi connectivity index (χ0n) is 16.6. The van der Waals surface area contributed by atoms with Crippen LogP contribution in [0, 0.1) is 0 Å². The summed E-state index contributed by atoms with van der Waals surface area (Å²) in [6, 6.07) is -0.0341. The highest BCUT2D eigenvalue weighted by Crippen LogP contribution is 2.12. The minimum atomic E-state index is -0.299. The molecule has 144 valence electrons. The van der Waals surface area contributed by atoms with Crippen molar-refractivity contribution < 1.29 is 5.11 Å². The summed E-state index contributed by atoms with van der Waals surface area (Å²) in [5.74, 6) is 0. The molecule has 0 aromatic rings. The highest BCUT2D eigenvalue weighted by molar-refractivity contribution is 4.81. The minimum absolute atomic E-state index is 0.0341. The van der Waals surface area contributed by atoms with Crippen molar-refractivity contribution >= 4 is 0 Å². The molecule has 3 N–H and O–H groups in total. The summed E-state index contributed by atoms with van der Waals surface area (Å²) >= 11 is 0. The Morgan fingerprint density at radius 1 is 0.708 bits per heavy atom. The average Bonchev–Trinajstić information content (AvgIpc) is 2.60. The first kappa shape index (κ1) is 23.7. The van der Waals surface area contributed by atoms with Gasteiger partial charge in [-0.15, -0.1) is 0 Å². The Balaban J connectivity index is 3.18. The van der Waals surface area contributed by atoms with Crippen LogP contribution in [0.25, 0.3) is 0 Å². The molecule has 0 fully saturated rings. The number of hydrogen-bond acceptors (Lipinski definition) is 2. The molecule has 0 amide bonds. The van der Waals surface area contributed by atoms with Crippen LogP contribution in [0.15, 0.2) is 12.2 Å². The van der Waals surface area contributed by atoms with Crippen LogP contribution >= 0.6 is 0 Å². The summed E-state index contributed by atoms with van der Waals surface area (Å²) in [6.07, 6.45) is 24.8. The van der Waals surface area contributed by atoms with Crippen LogP contribution in [0.3, 0.4) is 0 Å². The molecular formula is C22H45NO. The van der Waals surface area contributed by atoms with Crippen molar-refractivity contribution in [1.29, 1.82) is 0 Å². The molecule has 0 radical (unpaired) electrons. The molecule has 2 nitrogen and oxygen atoms in total. The van der Waals surface area contributed by atoms with Gasteiger partial charge in [-0.2, -0.15) is 0 Å². The van der Waals surface area contributed by atoms with Crippen LogP contribution in [0.5, 0.6) is 0 Å². The van der Waals surface area contributed by atoms with E-state index in [2.05, 4.69) is 19.1 Å². The standard InChI is InChI=1S/C22H45NO/c1-3-5-6-7-8-9-10-11-12-13-14-15-16-17-18-19-20-22(24)21(23)4-2/h11-12,21-22,24H,3-10,13-20,23H2,1-2H3/b12-11-/t21-,22-/m1/s1. The molecule has 0 bridgehead atoms. The SMILES string of the molecule is CCCCCCCC/C=C\CCCCCCCC[C@@H](O)[C@H](N)CC. The van der Waals surface area contributed by atoms with Crippen LogP contribution in [-0.4, -0.2) is 17.3 Å². The zero-order valence-corrected chi connectivity index (χ0v) is 16.6. The summed E-state index contributed by atoms with van der Waals surface area (Å²) in [7, 11) is 0. The van der Waals surface area contributed by atoms with Gasteiger partial charge in [0.25, 0.3) is 0 Å². The molecule has 0 spiro atoms. The highest BCUT2D eigenvalue weighted by Gasteiger charge is 2.11. The lowest BCUT2D eigenvalue weighted by molar-refractivity contribution is 0.129. The van der Waals surface area contributed by atoms with Crippen molar-refractivity contribution in [3.05, 3.63) is 12.2 Å². The Labute approximate surface area is 152 Å². The van der Waals surface area contributed by atoms with E-state index < -0.39 is 0 Å². The summed E-state index contributed by atoms with van der Waals surface area (Å²) in [6.45, 7) is 4.31. The Morgan fingerprint density at radius 2 is 1.17 bits per heavy atom. The maximum Gasteiger partial charge on any atom is 0.0691 e. The predicted octanol–water partition coefficient (Wildman–Crippen LogP) is 6.51. The first-order chi connectivity index (χ1) is 11.7. The number of allylic oxidation sites excluding steroid dienone is 2. The van der Waals surface area contributed by atoms with Gasteiger partial charge in [0.15, 0.2) is 0 Å². The van der Waals surface area contributed by atoms with Gasteiger partial charge in [0.2, 0.25) is 0 Å². The third-order valence-corrected chi connectivity index (χ3v) is 4.98. The normalized spacial score (nSPS) is 14.3. The van der Waals surface area contributed by atoms with Crippen LogP contribution in [0.4, 0.5) is 0 Å². The Hall–Kier alpha value is -0.340. The molecule has 2 heteroatoms. The van der Waals surface area contributed by atoms with Gasteiger partial charge in [-0.05, 0) is 38.5 Å². The van der Waals surface area contributed by atoms with Gasteiger partial charge in [0, 0.05) is 6.04 Å². The molecule has 0 aromatic carbocycles. The van der Waals surface area contributed by atoms with E-state index in [0.29, 0.717) is 0 Å². The van der Waals surface area contributed by atoms with Crippen LogP contribution in [0.1, 0.15) is 117 Å². The van der Waals surface area contributed by atoms with Crippen molar-refractivity contribution in [3.8, 4) is 0 Å². The van der Waals surface area contributed by atoms with Gasteiger partial charge in [-0.1, -0.05) is 90.2 Å². The molecule has 0 saturated heterocycles. The lowest BCUT2D eigenvalue weighted by atomic mass is 10.0. The third-order valence-electron chi connectivity index (χ3n) is 4.98. The molecule has 2 atom stereocenters. The van der Waals surface area contributed by atoms with Gasteiger partial charge in [0.05, 0.1) is 6.10 Å². The average molecular weight is 340 g/mol. The summed E-state index contributed by atoms with van der Waals surface area (Å²) in [5.41, 5.74) is 5.83. The summed E-state index contributed by atoms with van der Waals surface area (Å²) in [4.78, 5) is 0. The summed E-state index contributed by atoms with van der Waals surface area (Å²) in [5, 5.41) is 9.80. The molecule has 0 aromatic heterocycles. The maximum absolute atomic E-state index is 9.80. The topological polar surface area (TPSA) is 46.2 Å². The highest BCUT2D eigenvalue weighted by atomic mass is 16.3. The molecule has 0 rings (SSSR count). The number of unbranched alkanes of at least 4 members (excludes halogenated alkanes) is 12. The fourth-order valence-corrected chi connectivity index (χ4v) is 3.09. The fourth-order valence-electron chi connectivity index (χ4n) is 3.09. The Bertz CT molecular complexity index is 265. The van der Waals surface area contributed by atoms with Gasteiger partial charge in [-0.3, -0.25) is 0 Å². The molecule has 0 heterocycles. The van der Waals surface area contributed by atoms with Crippen molar-refractivity contribution in [2.24, 2.45) is 5.73 Å². The third kappa shape index (κ3) is 16.5. The van der Waals surface area contributed by atoms with Gasteiger partial charge in [-0.25, -0.2) is 0 Å². The molecule has 24 heavy (non-hydrogen) atoms. The van der Waals surface area contributed by atoms with E-state index in [4.69, 9.17) is 5.73 Å². The van der Waals surface area contributed by atoms with Crippen molar-refractivity contribution in [1.82, 2.24) is 0 Å². The predicted molar refractivity (Wildman–Crippen MR) is 108 cm³/mol. The molecule has 0 aliphatic rings. The second-order valence-electron chi connectivity index (χ2n) is 7.37. The molecule has 0 saturated carbocycles. The molecule has 0 aliphatic heterocycles. The second-order valence-corrected chi connectivity index (χ2v) is 7.37. The number of hydrogen-bond donors (Lipinski definition) is 2. The smallest absolute Gasteiger partial charge is 0.0691 e. The van der Waals surface area contributed by atoms with E-state index in [9.17, 15) is 5.11 Å². The van der Waals surface area contributed by atoms with E-state index in [-0.39, 0.29) is 12.1 Å². The lowest BCUT2D eigenvalue weighted by Gasteiger charge is -2.16. The van der Waals surface area contributed by atoms with Crippen molar-refractivity contribution in [2.75, 3.05) is 0 Å². The molecule has 0 aliphatic carbocycles. The monoisotopic (exact) mass is 339 g/mol. The van der Waals surface area contributed by atoms with Gasteiger partial charge < -0.3 is 10.8 Å². The van der Waals surface area contributed by atoms with Crippen LogP contribution in [-0.2, 0) is 0 Å². The van der Waals surface area contributed by atoms with E-state index in [1.54, 1.807) is 0 Å². The number of rotatable bonds is 18. The Kier molecular flexibility index (Phi) is 18.7. The first-order valence-electron chi connectivity index (χ1n) is 10.8. The minimum Gasteiger partial charge on any atom is -0.392 e. The van der Waals surface area contributed by atoms with Crippen molar-refractivity contribution in [2.45, 2.75) is 129 Å². The number of nitrogens with two attached hydrogens (primary N) is 1. The molecular weight excluding hydrogens is 294 g/mol. The van der Waals surface area contributed by atoms with E-state index >= 15 is 0 Å². The fraction of sp³-hybridized carbons (Fsp3) is 0.909. The lowest BCUT2D eigenvalue weighted by Crippen LogP contribution is -2.33. The number of aliphatic hydroxyl groups is 1. The molecule has 0 unspecified atom stereocenters. The largest absolute Gasteiger partial charge is 0.392 e. The van der Waals surface area contributed by atoms with Crippen molar-refractivity contribution in [3.63, 3.8) is 0 Å². The van der Waals surface area contributed by atoms with Gasteiger partial charge >= 0.3 is 0 Å². The van der Waals surface area contributed by atoms with E-state index in [0.717, 1.165) is 19.3 Å². The number of aliphatic hydroxyl groups excluding tert-OH is 1. The van der Waals surface area contributed by atoms with Crippen LogP contribution in [0.2, 0.25) is 0 Å². The summed E-state index contributed by atoms with van der Waals surface area (Å²) < 4.78 is 0. The first-order valence-corrected chi connectivity index (χ1v) is 10.8. The zero-order chi connectivity index (χ0) is 17.9. The van der Waals surface area contributed by atoms with Gasteiger partial charge in [0.1, 0.15) is 0 Å². The van der Waals surface area contributed by atoms with E-state index in [1.807, 2.05) is 6.92 Å². The quantitative estimate of drug-likeness (QED) is 0.221. The Morgan fingerprint density at radius 3 is 1.67 bits per heavy atom. The maximum atomic E-state index is 9.80. The second kappa shape index (κ2) is 19.0. The van der Waals surface area contributed by atoms with E-state index in [1.165, 1.54) is 83.5 Å².